The fourth-order valence-electron chi connectivity index (χ4n) is 1.56. The van der Waals surface area contributed by atoms with Gasteiger partial charge >= 0.3 is 0 Å². The monoisotopic (exact) mass is 232 g/mol. The predicted molar refractivity (Wildman–Crippen MR) is 63.6 cm³/mol. The molecule has 17 heavy (non-hydrogen) atoms. The van der Waals surface area contributed by atoms with Crippen LogP contribution in [-0.4, -0.2) is 11.5 Å². The van der Waals surface area contributed by atoms with E-state index in [4.69, 9.17) is 10.2 Å². The van der Waals surface area contributed by atoms with Crippen LogP contribution in [0.15, 0.2) is 40.8 Å². The van der Waals surface area contributed by atoms with Gasteiger partial charge in [-0.2, -0.15) is 0 Å². The summed E-state index contributed by atoms with van der Waals surface area (Å²) in [4.78, 5) is 10.1. The summed E-state index contributed by atoms with van der Waals surface area (Å²) in [6.07, 6.45) is 0.687. The zero-order chi connectivity index (χ0) is 12.3. The molecule has 2 rings (SSSR count). The van der Waals surface area contributed by atoms with Crippen LogP contribution >= 0.6 is 0 Å². The third kappa shape index (κ3) is 2.51. The van der Waals surface area contributed by atoms with Gasteiger partial charge in [-0.05, 0) is 30.8 Å². The Hall–Kier alpha value is -2.14. The molecule has 0 aliphatic rings. The summed E-state index contributed by atoms with van der Waals surface area (Å²) in [7, 11) is 0. The topological polar surface area (TPSA) is 82.3 Å². The van der Waals surface area contributed by atoms with Crippen molar-refractivity contribution in [2.75, 3.05) is 6.54 Å². The van der Waals surface area contributed by atoms with Crippen LogP contribution in [0.5, 0.6) is 0 Å². The molecule has 0 amide bonds. The smallest absolute Gasteiger partial charge is 0.269 e. The molecule has 2 N–H and O–H groups in total. The van der Waals surface area contributed by atoms with Crippen LogP contribution in [0.1, 0.15) is 5.76 Å². The van der Waals surface area contributed by atoms with Crippen LogP contribution in [0.4, 0.5) is 5.69 Å². The number of nitro benzene ring substituents is 1. The van der Waals surface area contributed by atoms with Crippen molar-refractivity contribution in [1.82, 2.24) is 0 Å². The number of nitrogens with zero attached hydrogens (tertiary/aromatic N) is 1. The van der Waals surface area contributed by atoms with E-state index in [9.17, 15) is 10.1 Å². The molecular weight excluding hydrogens is 220 g/mol. The van der Waals surface area contributed by atoms with Crippen LogP contribution in [0.2, 0.25) is 0 Å². The van der Waals surface area contributed by atoms with Crippen LogP contribution in [0.25, 0.3) is 11.3 Å². The van der Waals surface area contributed by atoms with Crippen molar-refractivity contribution in [3.05, 3.63) is 52.3 Å². The first-order valence-electron chi connectivity index (χ1n) is 5.24. The van der Waals surface area contributed by atoms with E-state index >= 15 is 0 Å². The minimum atomic E-state index is -0.425. The van der Waals surface area contributed by atoms with E-state index in [1.54, 1.807) is 12.1 Å². The number of furan rings is 1. The lowest BCUT2D eigenvalue weighted by atomic mass is 10.1. The molecule has 1 heterocycles. The van der Waals surface area contributed by atoms with Gasteiger partial charge in [-0.15, -0.1) is 0 Å². The summed E-state index contributed by atoms with van der Waals surface area (Å²) in [6.45, 7) is 0.535. The molecule has 0 radical (unpaired) electrons. The molecule has 0 spiro atoms. The van der Waals surface area contributed by atoms with E-state index < -0.39 is 4.92 Å². The molecule has 0 bridgehead atoms. The lowest BCUT2D eigenvalue weighted by Crippen LogP contribution is -2.01. The zero-order valence-electron chi connectivity index (χ0n) is 9.13. The molecule has 0 saturated carbocycles. The predicted octanol–water partition coefficient (Wildman–Crippen LogP) is 2.36. The number of nitro groups is 1. The third-order valence-electron chi connectivity index (χ3n) is 2.42. The van der Waals surface area contributed by atoms with Gasteiger partial charge in [0.15, 0.2) is 0 Å². The Balaban J connectivity index is 2.23. The molecule has 88 valence electrons. The van der Waals surface area contributed by atoms with Gasteiger partial charge in [0.2, 0.25) is 0 Å². The number of benzene rings is 1. The molecule has 0 unspecified atom stereocenters. The standard InChI is InChI=1S/C12H12N2O3/c13-8-7-11-5-6-12(17-11)9-1-3-10(4-2-9)14(15)16/h1-6H,7-8,13H2. The molecule has 5 nitrogen and oxygen atoms in total. The van der Waals surface area contributed by atoms with Gasteiger partial charge in [0.1, 0.15) is 11.5 Å². The molecular formula is C12H12N2O3. The summed E-state index contributed by atoms with van der Waals surface area (Å²) in [6, 6.07) is 9.96. The van der Waals surface area contributed by atoms with E-state index in [-0.39, 0.29) is 5.69 Å². The second kappa shape index (κ2) is 4.80. The molecule has 1 aromatic heterocycles. The Morgan fingerprint density at radius 3 is 2.47 bits per heavy atom. The van der Waals surface area contributed by atoms with Crippen molar-refractivity contribution in [3.63, 3.8) is 0 Å². The lowest BCUT2D eigenvalue weighted by molar-refractivity contribution is -0.384. The van der Waals surface area contributed by atoms with E-state index in [1.807, 2.05) is 12.1 Å². The van der Waals surface area contributed by atoms with Gasteiger partial charge in [0.05, 0.1) is 4.92 Å². The van der Waals surface area contributed by atoms with Crippen molar-refractivity contribution in [1.29, 1.82) is 0 Å². The maximum atomic E-state index is 10.5. The molecule has 5 heteroatoms. The largest absolute Gasteiger partial charge is 0.461 e. The number of non-ortho nitro benzene ring substituents is 1. The maximum Gasteiger partial charge on any atom is 0.269 e. The van der Waals surface area contributed by atoms with Crippen molar-refractivity contribution < 1.29 is 9.34 Å². The molecule has 2 aromatic rings. The first kappa shape index (κ1) is 11.3. The molecule has 0 fully saturated rings. The quantitative estimate of drug-likeness (QED) is 0.648. The Morgan fingerprint density at radius 1 is 1.18 bits per heavy atom. The van der Waals surface area contributed by atoms with Gasteiger partial charge in [0, 0.05) is 24.1 Å². The lowest BCUT2D eigenvalue weighted by Gasteiger charge is -1.97. The number of hydrogen-bond acceptors (Lipinski definition) is 4. The van der Waals surface area contributed by atoms with Crippen LogP contribution in [0.3, 0.4) is 0 Å². The Kier molecular flexibility index (Phi) is 3.20. The van der Waals surface area contributed by atoms with Crippen molar-refractivity contribution in [3.8, 4) is 11.3 Å². The third-order valence-corrected chi connectivity index (χ3v) is 2.42. The normalized spacial score (nSPS) is 10.4. The first-order valence-corrected chi connectivity index (χ1v) is 5.24. The molecule has 1 aromatic carbocycles. The second-order valence-electron chi connectivity index (χ2n) is 3.61. The Labute approximate surface area is 98.0 Å². The average Bonchev–Trinajstić information content (AvgIpc) is 2.78. The molecule has 0 saturated heterocycles. The maximum absolute atomic E-state index is 10.5. The minimum absolute atomic E-state index is 0.0717. The summed E-state index contributed by atoms with van der Waals surface area (Å²) < 4.78 is 5.56. The van der Waals surface area contributed by atoms with E-state index in [2.05, 4.69) is 0 Å². The highest BCUT2D eigenvalue weighted by Crippen LogP contribution is 2.24. The van der Waals surface area contributed by atoms with Gasteiger partial charge < -0.3 is 10.2 Å². The summed E-state index contributed by atoms with van der Waals surface area (Å²) in [5, 5.41) is 10.5. The van der Waals surface area contributed by atoms with Crippen LogP contribution < -0.4 is 5.73 Å². The number of nitrogens with two attached hydrogens (primary N) is 1. The van der Waals surface area contributed by atoms with E-state index in [0.717, 1.165) is 11.3 Å². The van der Waals surface area contributed by atoms with Crippen molar-refractivity contribution in [2.24, 2.45) is 5.73 Å². The van der Waals surface area contributed by atoms with E-state index in [0.29, 0.717) is 18.7 Å². The zero-order valence-corrected chi connectivity index (χ0v) is 9.13. The van der Waals surface area contributed by atoms with E-state index in [1.165, 1.54) is 12.1 Å². The van der Waals surface area contributed by atoms with Crippen LogP contribution in [0, 0.1) is 10.1 Å². The molecule has 0 aliphatic heterocycles. The highest BCUT2D eigenvalue weighted by atomic mass is 16.6. The van der Waals surface area contributed by atoms with Gasteiger partial charge in [-0.1, -0.05) is 0 Å². The summed E-state index contributed by atoms with van der Waals surface area (Å²) >= 11 is 0. The molecule has 0 atom stereocenters. The Morgan fingerprint density at radius 2 is 1.88 bits per heavy atom. The highest BCUT2D eigenvalue weighted by molar-refractivity contribution is 5.59. The van der Waals surface area contributed by atoms with Gasteiger partial charge in [-0.3, -0.25) is 10.1 Å². The van der Waals surface area contributed by atoms with Gasteiger partial charge in [0.25, 0.3) is 5.69 Å². The molecule has 0 aliphatic carbocycles. The summed E-state index contributed by atoms with van der Waals surface area (Å²) in [5.41, 5.74) is 6.32. The fourth-order valence-corrected chi connectivity index (χ4v) is 1.56. The number of hydrogen-bond donors (Lipinski definition) is 1. The average molecular weight is 232 g/mol. The SMILES string of the molecule is NCCc1ccc(-c2ccc([N+](=O)[O-])cc2)o1. The number of rotatable bonds is 4. The fraction of sp³-hybridized carbons (Fsp3) is 0.167. The van der Waals surface area contributed by atoms with Crippen molar-refractivity contribution >= 4 is 5.69 Å². The van der Waals surface area contributed by atoms with Crippen LogP contribution in [-0.2, 0) is 6.42 Å². The first-order chi connectivity index (χ1) is 8.20. The Bertz CT molecular complexity index is 517. The van der Waals surface area contributed by atoms with Gasteiger partial charge in [-0.25, -0.2) is 0 Å². The minimum Gasteiger partial charge on any atom is -0.461 e. The van der Waals surface area contributed by atoms with Crippen molar-refractivity contribution in [2.45, 2.75) is 6.42 Å². The summed E-state index contributed by atoms with van der Waals surface area (Å²) in [5.74, 6) is 1.52. The highest BCUT2D eigenvalue weighted by Gasteiger charge is 2.07. The second-order valence-corrected chi connectivity index (χ2v) is 3.61.